The number of piperidine rings is 1. The van der Waals surface area contributed by atoms with E-state index in [9.17, 15) is 18.0 Å². The number of nitrogens with zero attached hydrogens (tertiary/aromatic N) is 6. The van der Waals surface area contributed by atoms with Crippen molar-refractivity contribution in [3.05, 3.63) is 60.1 Å². The van der Waals surface area contributed by atoms with Crippen LogP contribution in [0.2, 0.25) is 0 Å². The van der Waals surface area contributed by atoms with Crippen molar-refractivity contribution >= 4 is 5.91 Å². The predicted octanol–water partition coefficient (Wildman–Crippen LogP) is 3.59. The number of fused-ring (bicyclic) bond motifs is 1. The van der Waals surface area contributed by atoms with Crippen LogP contribution in [0.4, 0.5) is 13.2 Å². The van der Waals surface area contributed by atoms with Crippen LogP contribution >= 0.6 is 0 Å². The molecule has 0 bridgehead atoms. The lowest BCUT2D eigenvalue weighted by Crippen LogP contribution is -2.48. The van der Waals surface area contributed by atoms with E-state index in [0.717, 1.165) is 19.0 Å². The number of hydrogen-bond donors (Lipinski definition) is 0. The van der Waals surface area contributed by atoms with Gasteiger partial charge in [0.1, 0.15) is 12.3 Å². The predicted molar refractivity (Wildman–Crippen MR) is 114 cm³/mol. The third-order valence-corrected chi connectivity index (χ3v) is 6.16. The van der Waals surface area contributed by atoms with E-state index in [1.165, 1.54) is 0 Å². The fourth-order valence-electron chi connectivity index (χ4n) is 4.30. The Bertz CT molecular complexity index is 1190. The molecule has 1 aliphatic carbocycles. The summed E-state index contributed by atoms with van der Waals surface area (Å²) in [5, 5.41) is 0. The Morgan fingerprint density at radius 3 is 2.59 bits per heavy atom. The molecule has 0 radical (unpaired) electrons. The highest BCUT2D eigenvalue weighted by molar-refractivity contribution is 5.98. The van der Waals surface area contributed by atoms with Crippen LogP contribution in [0.1, 0.15) is 34.7 Å². The number of aryl methyl sites for hydroxylation is 1. The number of likely N-dealkylation sites (tertiary alicyclic amines) is 1. The van der Waals surface area contributed by atoms with Crippen molar-refractivity contribution in [3.8, 4) is 17.3 Å². The summed E-state index contributed by atoms with van der Waals surface area (Å²) in [5.41, 5.74) is 0.417. The van der Waals surface area contributed by atoms with Crippen LogP contribution in [0.5, 0.6) is 5.88 Å². The van der Waals surface area contributed by atoms with Crippen LogP contribution in [0.15, 0.2) is 43.0 Å². The van der Waals surface area contributed by atoms with Gasteiger partial charge < -0.3 is 9.64 Å². The van der Waals surface area contributed by atoms with Crippen LogP contribution in [0.25, 0.3) is 11.4 Å². The van der Waals surface area contributed by atoms with Gasteiger partial charge in [-0.1, -0.05) is 0 Å². The quantitative estimate of drug-likeness (QED) is 0.563. The molecule has 1 saturated carbocycles. The van der Waals surface area contributed by atoms with Crippen molar-refractivity contribution in [2.24, 2.45) is 11.8 Å². The number of amides is 1. The van der Waals surface area contributed by atoms with Gasteiger partial charge in [-0.3, -0.25) is 4.79 Å². The van der Waals surface area contributed by atoms with Gasteiger partial charge in [0, 0.05) is 24.6 Å². The molecule has 0 spiro atoms. The van der Waals surface area contributed by atoms with Gasteiger partial charge >= 0.3 is 6.18 Å². The van der Waals surface area contributed by atoms with Crippen molar-refractivity contribution < 1.29 is 22.7 Å². The topological polar surface area (TPSA) is 94.0 Å². The normalized spacial score (nSPS) is 21.6. The smallest absolute Gasteiger partial charge is 0.434 e. The molecule has 176 valence electrons. The van der Waals surface area contributed by atoms with E-state index >= 15 is 0 Å². The number of aromatic nitrogens is 5. The molecule has 4 heterocycles. The molecule has 2 fully saturated rings. The van der Waals surface area contributed by atoms with Gasteiger partial charge in [-0.25, -0.2) is 24.9 Å². The maximum absolute atomic E-state index is 13.7. The molecule has 2 aliphatic rings. The highest BCUT2D eigenvalue weighted by Crippen LogP contribution is 2.47. The van der Waals surface area contributed by atoms with Gasteiger partial charge in [0.15, 0.2) is 11.5 Å². The second kappa shape index (κ2) is 8.62. The average Bonchev–Trinajstić information content (AvgIpc) is 3.60. The van der Waals surface area contributed by atoms with Crippen LogP contribution in [-0.2, 0) is 6.18 Å². The highest BCUT2D eigenvalue weighted by atomic mass is 19.4. The summed E-state index contributed by atoms with van der Waals surface area (Å²) in [7, 11) is 0. The van der Waals surface area contributed by atoms with Gasteiger partial charge in [-0.15, -0.1) is 0 Å². The Kier molecular flexibility index (Phi) is 5.62. The van der Waals surface area contributed by atoms with E-state index in [4.69, 9.17) is 4.74 Å². The zero-order valence-electron chi connectivity index (χ0n) is 18.2. The monoisotopic (exact) mass is 470 g/mol. The second-order valence-corrected chi connectivity index (χ2v) is 8.57. The zero-order chi connectivity index (χ0) is 23.9. The zero-order valence-corrected chi connectivity index (χ0v) is 18.2. The maximum atomic E-state index is 13.7. The Balaban J connectivity index is 1.37. The van der Waals surface area contributed by atoms with E-state index in [0.29, 0.717) is 41.7 Å². The minimum absolute atomic E-state index is 0.0228. The average molecular weight is 470 g/mol. The van der Waals surface area contributed by atoms with Crippen LogP contribution in [0, 0.1) is 18.8 Å². The van der Waals surface area contributed by atoms with Gasteiger partial charge in [0.25, 0.3) is 5.91 Å². The second-order valence-electron chi connectivity index (χ2n) is 8.57. The Labute approximate surface area is 193 Å². The molecule has 3 aromatic rings. The first-order chi connectivity index (χ1) is 16.3. The molecule has 5 rings (SSSR count). The molecule has 8 nitrogen and oxygen atoms in total. The molecule has 0 unspecified atom stereocenters. The van der Waals surface area contributed by atoms with Gasteiger partial charge in [-0.05, 0) is 49.8 Å². The maximum Gasteiger partial charge on any atom is 0.434 e. The van der Waals surface area contributed by atoms with Crippen molar-refractivity contribution in [2.45, 2.75) is 32.0 Å². The number of carbonyl (C=O) groups is 1. The Morgan fingerprint density at radius 2 is 1.88 bits per heavy atom. The lowest BCUT2D eigenvalue weighted by Gasteiger charge is -2.35. The first kappa shape index (κ1) is 22.2. The Hall–Kier alpha value is -3.63. The number of alkyl halides is 3. The largest absolute Gasteiger partial charge is 0.474 e. The summed E-state index contributed by atoms with van der Waals surface area (Å²) < 4.78 is 43.8. The number of halogens is 3. The number of pyridine rings is 1. The summed E-state index contributed by atoms with van der Waals surface area (Å²) in [5.74, 6) is 1.09. The molecular formula is C23H21F3N6O2. The molecule has 3 aromatic heterocycles. The Morgan fingerprint density at radius 1 is 1.09 bits per heavy atom. The standard InChI is InChI=1S/C23H21F3N6O2/c1-13-3-4-17(21-27-5-2-6-28-21)20(31-13)22(33)32-11-15-7-14(15)8-16(32)12-34-19-10-29-18(9-30-19)23(24,25)26/h2-6,9-10,14-16H,7-8,11-12H2,1H3/t14-,15-,16-/m0/s1. The lowest BCUT2D eigenvalue weighted by atomic mass is 10.0. The van der Waals surface area contributed by atoms with Gasteiger partial charge in [-0.2, -0.15) is 13.2 Å². The van der Waals surface area contributed by atoms with Crippen LogP contribution in [0.3, 0.4) is 0 Å². The minimum Gasteiger partial charge on any atom is -0.474 e. The van der Waals surface area contributed by atoms with Crippen LogP contribution < -0.4 is 4.74 Å². The SMILES string of the molecule is Cc1ccc(-c2ncccn2)c(C(=O)N2C[C@@H]3C[C@H]3C[C@H]2COc2cnc(C(F)(F)F)cn2)n1. The molecule has 3 atom stereocenters. The summed E-state index contributed by atoms with van der Waals surface area (Å²) in [6.07, 6.45) is 2.01. The van der Waals surface area contributed by atoms with Gasteiger partial charge in [0.2, 0.25) is 5.88 Å². The summed E-state index contributed by atoms with van der Waals surface area (Å²) in [4.78, 5) is 35.6. The van der Waals surface area contributed by atoms with E-state index < -0.39 is 11.9 Å². The van der Waals surface area contributed by atoms with Crippen molar-refractivity contribution in [1.29, 1.82) is 0 Å². The number of carbonyl (C=O) groups excluding carboxylic acids is 1. The summed E-state index contributed by atoms with van der Waals surface area (Å²) in [6, 6.07) is 5.02. The van der Waals surface area contributed by atoms with Crippen molar-refractivity contribution in [2.75, 3.05) is 13.2 Å². The minimum atomic E-state index is -4.57. The van der Waals surface area contributed by atoms with Crippen LogP contribution in [-0.4, -0.2) is 54.9 Å². The first-order valence-electron chi connectivity index (χ1n) is 10.9. The molecular weight excluding hydrogens is 449 g/mol. The van der Waals surface area contributed by atoms with E-state index in [-0.39, 0.29) is 30.1 Å². The molecule has 11 heteroatoms. The molecule has 1 saturated heterocycles. The third-order valence-electron chi connectivity index (χ3n) is 6.16. The van der Waals surface area contributed by atoms with Crippen molar-refractivity contribution in [1.82, 2.24) is 29.8 Å². The summed E-state index contributed by atoms with van der Waals surface area (Å²) in [6.45, 7) is 2.47. The highest BCUT2D eigenvalue weighted by Gasteiger charge is 2.48. The molecule has 0 N–H and O–H groups in total. The van der Waals surface area contributed by atoms with E-state index in [2.05, 4.69) is 24.9 Å². The summed E-state index contributed by atoms with van der Waals surface area (Å²) >= 11 is 0. The fourth-order valence-corrected chi connectivity index (χ4v) is 4.30. The number of hydrogen-bond acceptors (Lipinski definition) is 7. The number of ether oxygens (including phenoxy) is 1. The van der Waals surface area contributed by atoms with E-state index in [1.54, 1.807) is 35.5 Å². The lowest BCUT2D eigenvalue weighted by molar-refractivity contribution is -0.141. The molecule has 1 aliphatic heterocycles. The third kappa shape index (κ3) is 4.55. The fraction of sp³-hybridized carbons (Fsp3) is 0.391. The molecule has 0 aromatic carbocycles. The van der Waals surface area contributed by atoms with E-state index in [1.807, 2.05) is 6.92 Å². The number of rotatable bonds is 5. The first-order valence-corrected chi connectivity index (χ1v) is 10.9. The van der Waals surface area contributed by atoms with Crippen molar-refractivity contribution in [3.63, 3.8) is 0 Å². The molecule has 1 amide bonds. The van der Waals surface area contributed by atoms with Gasteiger partial charge in [0.05, 0.1) is 24.0 Å². The molecule has 34 heavy (non-hydrogen) atoms.